The molecular formula is C15H16ClN3OS. The number of hydrogen-bond acceptors (Lipinski definition) is 5. The number of thiazole rings is 1. The van der Waals surface area contributed by atoms with Gasteiger partial charge in [-0.1, -0.05) is 22.9 Å². The lowest BCUT2D eigenvalue weighted by Crippen LogP contribution is -2.42. The molecule has 2 aromatic rings. The lowest BCUT2D eigenvalue weighted by atomic mass is 9.81. The van der Waals surface area contributed by atoms with E-state index in [1.54, 1.807) is 18.4 Å². The highest BCUT2D eigenvalue weighted by Crippen LogP contribution is 2.51. The van der Waals surface area contributed by atoms with E-state index < -0.39 is 0 Å². The number of halogens is 1. The van der Waals surface area contributed by atoms with E-state index >= 15 is 0 Å². The second kappa shape index (κ2) is 4.78. The SMILES string of the molecule is COc1ccc(N2CC3CCC2c2sc(N)nc23)cc1Cl. The molecule has 1 aromatic carbocycles. The molecule has 0 spiro atoms. The summed E-state index contributed by atoms with van der Waals surface area (Å²) in [6.45, 7) is 0.990. The minimum Gasteiger partial charge on any atom is -0.495 e. The molecule has 1 saturated heterocycles. The smallest absolute Gasteiger partial charge is 0.180 e. The Morgan fingerprint density at radius 1 is 1.43 bits per heavy atom. The number of anilines is 2. The van der Waals surface area contributed by atoms with Gasteiger partial charge >= 0.3 is 0 Å². The van der Waals surface area contributed by atoms with Crippen molar-refractivity contribution < 1.29 is 4.74 Å². The molecule has 2 N–H and O–H groups in total. The van der Waals surface area contributed by atoms with E-state index in [4.69, 9.17) is 22.1 Å². The van der Waals surface area contributed by atoms with E-state index in [1.165, 1.54) is 17.0 Å². The number of aromatic nitrogens is 1. The fraction of sp³-hybridized carbons (Fsp3) is 0.400. The van der Waals surface area contributed by atoms with E-state index in [9.17, 15) is 0 Å². The summed E-state index contributed by atoms with van der Waals surface area (Å²) in [5.41, 5.74) is 8.28. The zero-order chi connectivity index (χ0) is 14.6. The molecule has 2 aliphatic heterocycles. The molecular weight excluding hydrogens is 306 g/mol. The first-order valence-electron chi connectivity index (χ1n) is 7.03. The number of nitrogens with two attached hydrogens (primary N) is 1. The van der Waals surface area contributed by atoms with Gasteiger partial charge in [-0.2, -0.15) is 0 Å². The Labute approximate surface area is 132 Å². The van der Waals surface area contributed by atoms with Crippen molar-refractivity contribution in [3.63, 3.8) is 0 Å². The summed E-state index contributed by atoms with van der Waals surface area (Å²) >= 11 is 7.90. The summed E-state index contributed by atoms with van der Waals surface area (Å²) in [6.07, 6.45) is 2.35. The van der Waals surface area contributed by atoms with Crippen LogP contribution >= 0.6 is 22.9 Å². The lowest BCUT2D eigenvalue weighted by molar-refractivity contribution is 0.389. The zero-order valence-electron chi connectivity index (χ0n) is 11.7. The third kappa shape index (κ3) is 1.99. The molecule has 2 atom stereocenters. The van der Waals surface area contributed by atoms with Crippen molar-refractivity contribution in [1.29, 1.82) is 0 Å². The Bertz CT molecular complexity index is 702. The van der Waals surface area contributed by atoms with Crippen molar-refractivity contribution in [2.45, 2.75) is 24.8 Å². The van der Waals surface area contributed by atoms with E-state index in [-0.39, 0.29) is 0 Å². The van der Waals surface area contributed by atoms with Crippen LogP contribution in [0.15, 0.2) is 18.2 Å². The molecule has 3 heterocycles. The van der Waals surface area contributed by atoms with Crippen LogP contribution in [0.4, 0.5) is 10.8 Å². The predicted octanol–water partition coefficient (Wildman–Crippen LogP) is 3.83. The van der Waals surface area contributed by atoms with Crippen molar-refractivity contribution in [3.8, 4) is 5.75 Å². The molecule has 1 aliphatic carbocycles. The largest absolute Gasteiger partial charge is 0.495 e. The Kier molecular flexibility index (Phi) is 3.01. The van der Waals surface area contributed by atoms with Gasteiger partial charge in [0, 0.05) is 18.2 Å². The number of nitrogens with zero attached hydrogens (tertiary/aromatic N) is 2. The molecule has 1 aromatic heterocycles. The van der Waals surface area contributed by atoms with Crippen molar-refractivity contribution >= 4 is 33.8 Å². The number of methoxy groups -OCH3 is 1. The van der Waals surface area contributed by atoms with Crippen LogP contribution in [0.25, 0.3) is 0 Å². The summed E-state index contributed by atoms with van der Waals surface area (Å²) in [4.78, 5) is 8.30. The third-order valence-corrected chi connectivity index (χ3v) is 5.73. The van der Waals surface area contributed by atoms with Crippen LogP contribution < -0.4 is 15.4 Å². The molecule has 5 rings (SSSR count). The number of rotatable bonds is 2. The van der Waals surface area contributed by atoms with Gasteiger partial charge in [0.05, 0.1) is 28.7 Å². The molecule has 0 amide bonds. The Morgan fingerprint density at radius 2 is 2.29 bits per heavy atom. The molecule has 0 saturated carbocycles. The summed E-state index contributed by atoms with van der Waals surface area (Å²) in [5.74, 6) is 1.20. The summed E-state index contributed by atoms with van der Waals surface area (Å²) < 4.78 is 5.23. The molecule has 2 unspecified atom stereocenters. The molecule has 6 heteroatoms. The molecule has 1 fully saturated rings. The van der Waals surface area contributed by atoms with Crippen LogP contribution in [0.3, 0.4) is 0 Å². The predicted molar refractivity (Wildman–Crippen MR) is 86.6 cm³/mol. The summed E-state index contributed by atoms with van der Waals surface area (Å²) in [6, 6.07) is 6.38. The average Bonchev–Trinajstić information content (AvgIpc) is 2.90. The van der Waals surface area contributed by atoms with Gasteiger partial charge in [0.15, 0.2) is 5.13 Å². The maximum absolute atomic E-state index is 6.27. The first-order chi connectivity index (χ1) is 10.2. The van der Waals surface area contributed by atoms with Gasteiger partial charge in [0.1, 0.15) is 5.75 Å². The summed E-state index contributed by atoms with van der Waals surface area (Å²) in [5, 5.41) is 1.34. The Balaban J connectivity index is 1.73. The van der Waals surface area contributed by atoms with Crippen LogP contribution in [0.2, 0.25) is 5.02 Å². The zero-order valence-corrected chi connectivity index (χ0v) is 13.2. The number of fused-ring (bicyclic) bond motifs is 2. The fourth-order valence-corrected chi connectivity index (χ4v) is 4.80. The number of benzene rings is 1. The monoisotopic (exact) mass is 321 g/mol. The van der Waals surface area contributed by atoms with E-state index in [0.717, 1.165) is 18.7 Å². The normalized spacial score (nSPS) is 23.2. The van der Waals surface area contributed by atoms with E-state index in [0.29, 0.717) is 27.9 Å². The number of ether oxygens (including phenoxy) is 1. The minimum absolute atomic E-state index is 0.379. The topological polar surface area (TPSA) is 51.4 Å². The van der Waals surface area contributed by atoms with Gasteiger partial charge in [-0.25, -0.2) is 4.98 Å². The number of hydrogen-bond donors (Lipinski definition) is 1. The standard InChI is InChI=1S/C15H16ClN3OS/c1-20-12-5-3-9(6-10(12)16)19-7-8-2-4-11(19)14-13(8)18-15(17)21-14/h3,5-6,8,11H,2,4,7H2,1H3,(H2,17,18). The highest BCUT2D eigenvalue weighted by Gasteiger charge is 2.41. The lowest BCUT2D eigenvalue weighted by Gasteiger charge is -2.45. The van der Waals surface area contributed by atoms with Crippen molar-refractivity contribution in [3.05, 3.63) is 33.8 Å². The second-order valence-electron chi connectivity index (χ2n) is 5.56. The first-order valence-corrected chi connectivity index (χ1v) is 8.23. The molecule has 21 heavy (non-hydrogen) atoms. The maximum atomic E-state index is 6.27. The quantitative estimate of drug-likeness (QED) is 0.913. The van der Waals surface area contributed by atoms with Crippen LogP contribution in [-0.2, 0) is 0 Å². The van der Waals surface area contributed by atoms with E-state index in [2.05, 4.69) is 16.0 Å². The number of nitrogen functional groups attached to an aromatic ring is 1. The van der Waals surface area contributed by atoms with Crippen LogP contribution in [-0.4, -0.2) is 18.6 Å². The molecule has 4 nitrogen and oxygen atoms in total. The van der Waals surface area contributed by atoms with Crippen molar-refractivity contribution in [2.75, 3.05) is 24.3 Å². The van der Waals surface area contributed by atoms with Gasteiger partial charge in [0.25, 0.3) is 0 Å². The van der Waals surface area contributed by atoms with Crippen LogP contribution in [0.1, 0.15) is 35.4 Å². The van der Waals surface area contributed by atoms with Gasteiger partial charge < -0.3 is 15.4 Å². The Morgan fingerprint density at radius 3 is 3.05 bits per heavy atom. The highest BCUT2D eigenvalue weighted by molar-refractivity contribution is 7.15. The van der Waals surface area contributed by atoms with Crippen molar-refractivity contribution in [1.82, 2.24) is 4.98 Å². The Hall–Kier alpha value is -1.46. The fourth-order valence-electron chi connectivity index (χ4n) is 3.48. The molecule has 0 radical (unpaired) electrons. The van der Waals surface area contributed by atoms with Gasteiger partial charge in [-0.3, -0.25) is 0 Å². The molecule has 3 aliphatic rings. The number of piperidine rings is 1. The average molecular weight is 322 g/mol. The summed E-state index contributed by atoms with van der Waals surface area (Å²) in [7, 11) is 1.64. The maximum Gasteiger partial charge on any atom is 0.180 e. The third-order valence-electron chi connectivity index (χ3n) is 4.44. The molecule has 2 bridgehead atoms. The van der Waals surface area contributed by atoms with Gasteiger partial charge in [-0.05, 0) is 31.0 Å². The molecule has 110 valence electrons. The van der Waals surface area contributed by atoms with Crippen LogP contribution in [0, 0.1) is 0 Å². The minimum atomic E-state index is 0.379. The second-order valence-corrected chi connectivity index (χ2v) is 7.03. The van der Waals surface area contributed by atoms with E-state index in [1.807, 2.05) is 12.1 Å². The van der Waals surface area contributed by atoms with Crippen molar-refractivity contribution in [2.24, 2.45) is 0 Å². The van der Waals surface area contributed by atoms with Gasteiger partial charge in [0.2, 0.25) is 0 Å². The van der Waals surface area contributed by atoms with Gasteiger partial charge in [-0.15, -0.1) is 0 Å². The first kappa shape index (κ1) is 13.2. The van der Waals surface area contributed by atoms with Crippen LogP contribution in [0.5, 0.6) is 5.75 Å². The highest BCUT2D eigenvalue weighted by atomic mass is 35.5.